The lowest BCUT2D eigenvalue weighted by atomic mass is 9.72. The fourth-order valence-corrected chi connectivity index (χ4v) is 7.25. The van der Waals surface area contributed by atoms with Gasteiger partial charge < -0.3 is 0 Å². The first-order valence-electron chi connectivity index (χ1n) is 14.4. The molecule has 41 heavy (non-hydrogen) atoms. The van der Waals surface area contributed by atoms with E-state index in [1.54, 1.807) is 0 Å². The van der Waals surface area contributed by atoms with Crippen LogP contribution in [-0.2, 0) is 0 Å². The molecule has 0 bridgehead atoms. The van der Waals surface area contributed by atoms with Gasteiger partial charge in [-0.2, -0.15) is 0 Å². The molecule has 0 nitrogen and oxygen atoms in total. The zero-order chi connectivity index (χ0) is 26.9. The topological polar surface area (TPSA) is 0 Å². The highest BCUT2D eigenvalue weighted by molar-refractivity contribution is 6.09. The van der Waals surface area contributed by atoms with Crippen molar-refractivity contribution in [3.63, 3.8) is 0 Å². The Hall–Kier alpha value is -5.20. The van der Waals surface area contributed by atoms with Crippen LogP contribution in [0.4, 0.5) is 0 Å². The smallest absolute Gasteiger partial charge is 0.0346 e. The lowest BCUT2D eigenvalue weighted by Gasteiger charge is -2.31. The van der Waals surface area contributed by atoms with Crippen LogP contribution < -0.4 is 10.4 Å². The molecule has 0 heterocycles. The monoisotopic (exact) mass is 518 g/mol. The first-order chi connectivity index (χ1) is 20.3. The van der Waals surface area contributed by atoms with Crippen LogP contribution in [0.2, 0.25) is 0 Å². The molecule has 0 radical (unpaired) electrons. The van der Waals surface area contributed by atoms with Crippen LogP contribution in [-0.4, -0.2) is 0 Å². The third-order valence-corrected chi connectivity index (χ3v) is 9.05. The molecule has 9 rings (SSSR count). The maximum Gasteiger partial charge on any atom is 0.0346 e. The van der Waals surface area contributed by atoms with Crippen molar-refractivity contribution in [2.24, 2.45) is 5.92 Å². The number of hydrogen-bond acceptors (Lipinski definition) is 0. The van der Waals surface area contributed by atoms with Gasteiger partial charge in [-0.1, -0.05) is 134 Å². The molecule has 0 saturated carbocycles. The van der Waals surface area contributed by atoms with E-state index in [1.165, 1.54) is 81.7 Å². The molecular weight excluding hydrogens is 492 g/mol. The molecule has 0 saturated heterocycles. The largest absolute Gasteiger partial charge is 0.0617 e. The normalized spacial score (nSPS) is 16.8. The van der Waals surface area contributed by atoms with Gasteiger partial charge in [0, 0.05) is 5.92 Å². The fourth-order valence-electron chi connectivity index (χ4n) is 7.25. The van der Waals surface area contributed by atoms with E-state index >= 15 is 0 Å². The molecule has 0 spiro atoms. The van der Waals surface area contributed by atoms with Crippen LogP contribution in [0.5, 0.6) is 0 Å². The molecule has 6 aromatic rings. The van der Waals surface area contributed by atoms with E-state index in [0.29, 0.717) is 0 Å². The lowest BCUT2D eigenvalue weighted by Crippen LogP contribution is -2.38. The molecule has 0 aromatic heterocycles. The number of rotatable bonds is 2. The highest BCUT2D eigenvalue weighted by Gasteiger charge is 2.29. The number of hydrogen-bond donors (Lipinski definition) is 0. The van der Waals surface area contributed by atoms with Gasteiger partial charge >= 0.3 is 0 Å². The van der Waals surface area contributed by atoms with Gasteiger partial charge in [-0.05, 0) is 99.9 Å². The molecule has 0 heteroatoms. The number of fused-ring (bicyclic) bond motifs is 4. The third-order valence-electron chi connectivity index (χ3n) is 9.05. The van der Waals surface area contributed by atoms with Gasteiger partial charge in [0.05, 0.1) is 0 Å². The van der Waals surface area contributed by atoms with Crippen LogP contribution in [0.15, 0.2) is 157 Å². The second-order valence-corrected chi connectivity index (χ2v) is 11.3. The maximum absolute atomic E-state index is 2.47. The first-order valence-corrected chi connectivity index (χ1v) is 14.4. The van der Waals surface area contributed by atoms with E-state index in [4.69, 9.17) is 0 Å². The summed E-state index contributed by atoms with van der Waals surface area (Å²) in [7, 11) is 0. The second-order valence-electron chi connectivity index (χ2n) is 11.3. The summed E-state index contributed by atoms with van der Waals surface area (Å²) in [5.41, 5.74) is 9.31. The number of allylic oxidation sites excluding steroid dienone is 8. The Morgan fingerprint density at radius 3 is 1.73 bits per heavy atom. The quantitative estimate of drug-likeness (QED) is 0.215. The van der Waals surface area contributed by atoms with Crippen molar-refractivity contribution >= 4 is 44.0 Å². The van der Waals surface area contributed by atoms with E-state index in [9.17, 15) is 0 Å². The molecular formula is C41H26. The Kier molecular flexibility index (Phi) is 4.77. The first kappa shape index (κ1) is 22.6. The molecule has 0 aliphatic heterocycles. The summed E-state index contributed by atoms with van der Waals surface area (Å²) in [5.74, 6) is 0.266. The van der Waals surface area contributed by atoms with Crippen molar-refractivity contribution in [1.29, 1.82) is 0 Å². The predicted molar refractivity (Wildman–Crippen MR) is 175 cm³/mol. The van der Waals surface area contributed by atoms with Gasteiger partial charge in [-0.15, -0.1) is 0 Å². The highest BCUT2D eigenvalue weighted by atomic mass is 14.3. The van der Waals surface area contributed by atoms with Gasteiger partial charge in [-0.25, -0.2) is 0 Å². The Morgan fingerprint density at radius 1 is 0.463 bits per heavy atom. The van der Waals surface area contributed by atoms with E-state index in [2.05, 4.69) is 152 Å². The van der Waals surface area contributed by atoms with Crippen LogP contribution >= 0.6 is 0 Å². The fraction of sp³-hybridized carbons (Fsp3) is 0.0244. The summed E-state index contributed by atoms with van der Waals surface area (Å²) in [6.07, 6.45) is 16.1. The maximum atomic E-state index is 2.47. The highest BCUT2D eigenvalue weighted by Crippen LogP contribution is 2.41. The Bertz CT molecular complexity index is 2350. The van der Waals surface area contributed by atoms with Crippen molar-refractivity contribution < 1.29 is 0 Å². The molecule has 190 valence electrons. The van der Waals surface area contributed by atoms with Crippen molar-refractivity contribution in [3.05, 3.63) is 167 Å². The second kappa shape index (κ2) is 8.65. The summed E-state index contributed by atoms with van der Waals surface area (Å²) in [4.78, 5) is 0. The summed E-state index contributed by atoms with van der Waals surface area (Å²) in [6.45, 7) is 0. The van der Waals surface area contributed by atoms with Gasteiger partial charge in [0.25, 0.3) is 0 Å². The van der Waals surface area contributed by atoms with Crippen LogP contribution in [0.25, 0.3) is 66.2 Å². The Labute approximate surface area is 238 Å². The standard InChI is InChI=1S/C41H26/c1-3-11-29-23-32(21-19-26(29)9-1)39-34-16-5-6-17-35(34)40(33-22-20-27-10-2-4-12-30(27)24-33)41-36-18-8-14-28-13-7-15-31(38(28)36)25-37(39)41/h1-25,38H. The molecule has 0 N–H and O–H groups in total. The summed E-state index contributed by atoms with van der Waals surface area (Å²) in [6, 6.07) is 40.3. The molecule has 6 aromatic carbocycles. The van der Waals surface area contributed by atoms with Gasteiger partial charge in [0.2, 0.25) is 0 Å². The van der Waals surface area contributed by atoms with E-state index in [-0.39, 0.29) is 5.92 Å². The Balaban J connectivity index is 1.50. The minimum atomic E-state index is 0.266. The minimum Gasteiger partial charge on any atom is -0.0617 e. The van der Waals surface area contributed by atoms with Crippen molar-refractivity contribution in [2.45, 2.75) is 0 Å². The lowest BCUT2D eigenvalue weighted by molar-refractivity contribution is 0.959. The van der Waals surface area contributed by atoms with E-state index in [0.717, 1.165) is 0 Å². The Morgan fingerprint density at radius 2 is 1.02 bits per heavy atom. The average Bonchev–Trinajstić information content (AvgIpc) is 3.03. The van der Waals surface area contributed by atoms with Crippen LogP contribution in [0, 0.1) is 5.92 Å². The molecule has 1 unspecified atom stereocenters. The molecule has 0 fully saturated rings. The van der Waals surface area contributed by atoms with Gasteiger partial charge in [0.15, 0.2) is 0 Å². The zero-order valence-corrected chi connectivity index (χ0v) is 22.5. The van der Waals surface area contributed by atoms with Crippen molar-refractivity contribution in [3.8, 4) is 22.3 Å². The van der Waals surface area contributed by atoms with Gasteiger partial charge in [0.1, 0.15) is 0 Å². The van der Waals surface area contributed by atoms with E-state index in [1.807, 2.05) is 0 Å². The predicted octanol–water partition coefficient (Wildman–Crippen LogP) is 9.03. The molecule has 0 amide bonds. The van der Waals surface area contributed by atoms with Crippen LogP contribution in [0.3, 0.4) is 0 Å². The summed E-state index contributed by atoms with van der Waals surface area (Å²) in [5, 5.41) is 10.4. The third kappa shape index (κ3) is 3.34. The SMILES string of the molecule is C1=CC2=CC=CC3=c4c(-c5ccc6ccccc6c5)c5ccccc5c(-c5ccc6ccccc6c5)c4=CC(=C1)C23. The van der Waals surface area contributed by atoms with Crippen molar-refractivity contribution in [2.75, 3.05) is 0 Å². The molecule has 3 aliphatic carbocycles. The average molecular weight is 519 g/mol. The summed E-state index contributed by atoms with van der Waals surface area (Å²) < 4.78 is 0. The molecule has 3 aliphatic rings. The van der Waals surface area contributed by atoms with Crippen molar-refractivity contribution in [1.82, 2.24) is 0 Å². The number of benzene rings is 6. The van der Waals surface area contributed by atoms with Crippen LogP contribution in [0.1, 0.15) is 0 Å². The minimum absolute atomic E-state index is 0.266. The summed E-state index contributed by atoms with van der Waals surface area (Å²) >= 11 is 0. The van der Waals surface area contributed by atoms with Gasteiger partial charge in [-0.3, -0.25) is 0 Å². The zero-order valence-electron chi connectivity index (χ0n) is 22.5. The van der Waals surface area contributed by atoms with E-state index < -0.39 is 0 Å². The molecule has 1 atom stereocenters.